The van der Waals surface area contributed by atoms with E-state index in [9.17, 15) is 14.4 Å². The van der Waals surface area contributed by atoms with Gasteiger partial charge in [-0.2, -0.15) is 0 Å². The average Bonchev–Trinajstić information content (AvgIpc) is 2.48. The van der Waals surface area contributed by atoms with Crippen molar-refractivity contribution in [2.45, 2.75) is 39.2 Å². The van der Waals surface area contributed by atoms with Gasteiger partial charge >= 0.3 is 12.1 Å². The Balaban J connectivity index is 2.77. The van der Waals surface area contributed by atoms with Crippen molar-refractivity contribution in [1.82, 2.24) is 4.90 Å². The summed E-state index contributed by atoms with van der Waals surface area (Å²) < 4.78 is 9.91. The van der Waals surface area contributed by atoms with Crippen molar-refractivity contribution in [2.24, 2.45) is 5.92 Å². The number of nitrogens with zero attached hydrogens (tertiary/aromatic N) is 1. The van der Waals surface area contributed by atoms with Crippen molar-refractivity contribution in [3.8, 4) is 0 Å². The van der Waals surface area contributed by atoms with Gasteiger partial charge in [0.15, 0.2) is 5.78 Å². The number of carbonyl (C=O) groups is 3. The highest BCUT2D eigenvalue weighted by atomic mass is 16.6. The van der Waals surface area contributed by atoms with Crippen LogP contribution in [0.5, 0.6) is 0 Å². The molecule has 1 heterocycles. The molecule has 108 valence electrons. The van der Waals surface area contributed by atoms with E-state index in [4.69, 9.17) is 4.74 Å². The Kier molecular flexibility index (Phi) is 4.91. The molecule has 1 rings (SSSR count). The molecule has 0 spiro atoms. The van der Waals surface area contributed by atoms with E-state index in [1.54, 1.807) is 20.8 Å². The zero-order valence-corrected chi connectivity index (χ0v) is 11.9. The zero-order chi connectivity index (χ0) is 14.6. The number of ketones is 1. The molecule has 1 aliphatic rings. The number of esters is 1. The SMILES string of the molecule is COC(=O)C1CCC(=O)CN(C(=O)OC(C)(C)C)C1. The number of likely N-dealkylation sites (tertiary alicyclic amines) is 1. The Bertz CT molecular complexity index is 372. The number of Topliss-reactive ketones (excluding diaryl/α,β-unsaturated/α-hetero) is 1. The minimum Gasteiger partial charge on any atom is -0.469 e. The first-order valence-electron chi connectivity index (χ1n) is 6.30. The quantitative estimate of drug-likeness (QED) is 0.674. The Morgan fingerprint density at radius 2 is 1.95 bits per heavy atom. The van der Waals surface area contributed by atoms with Crippen LogP contribution in [0.3, 0.4) is 0 Å². The second-order valence-electron chi connectivity index (χ2n) is 5.66. The lowest BCUT2D eigenvalue weighted by Crippen LogP contribution is -2.41. The molecule has 1 aliphatic heterocycles. The minimum absolute atomic E-state index is 0.0115. The fraction of sp³-hybridized carbons (Fsp3) is 0.769. The van der Waals surface area contributed by atoms with Gasteiger partial charge in [0.1, 0.15) is 5.60 Å². The van der Waals surface area contributed by atoms with Crippen molar-refractivity contribution >= 4 is 17.8 Å². The van der Waals surface area contributed by atoms with Gasteiger partial charge < -0.3 is 14.4 Å². The smallest absolute Gasteiger partial charge is 0.410 e. The molecule has 6 nitrogen and oxygen atoms in total. The molecular formula is C13H21NO5. The van der Waals surface area contributed by atoms with E-state index in [2.05, 4.69) is 4.74 Å². The van der Waals surface area contributed by atoms with Gasteiger partial charge in [-0.3, -0.25) is 9.59 Å². The van der Waals surface area contributed by atoms with Crippen molar-refractivity contribution in [2.75, 3.05) is 20.2 Å². The first-order chi connectivity index (χ1) is 8.73. The van der Waals surface area contributed by atoms with E-state index in [0.29, 0.717) is 6.42 Å². The van der Waals surface area contributed by atoms with Gasteiger partial charge in [-0.25, -0.2) is 4.79 Å². The summed E-state index contributed by atoms with van der Waals surface area (Å²) in [5.41, 5.74) is -0.632. The highest BCUT2D eigenvalue weighted by Gasteiger charge is 2.32. The van der Waals surface area contributed by atoms with Crippen LogP contribution in [0.25, 0.3) is 0 Å². The van der Waals surface area contributed by atoms with E-state index in [1.165, 1.54) is 12.0 Å². The number of rotatable bonds is 1. The number of methoxy groups -OCH3 is 1. The van der Waals surface area contributed by atoms with Crippen molar-refractivity contribution in [1.29, 1.82) is 0 Å². The molecule has 0 radical (unpaired) electrons. The molecule has 19 heavy (non-hydrogen) atoms. The molecule has 0 bridgehead atoms. The highest BCUT2D eigenvalue weighted by molar-refractivity contribution is 5.86. The maximum absolute atomic E-state index is 12.0. The van der Waals surface area contributed by atoms with Gasteiger partial charge in [-0.15, -0.1) is 0 Å². The van der Waals surface area contributed by atoms with E-state index in [-0.39, 0.29) is 25.3 Å². The maximum atomic E-state index is 12.0. The second-order valence-corrected chi connectivity index (χ2v) is 5.66. The van der Waals surface area contributed by atoms with Crippen LogP contribution in [0.2, 0.25) is 0 Å². The second kappa shape index (κ2) is 6.04. The molecule has 0 aromatic rings. The summed E-state index contributed by atoms with van der Waals surface area (Å²) >= 11 is 0. The predicted octanol–water partition coefficient (Wildman–Crippen LogP) is 1.38. The summed E-state index contributed by atoms with van der Waals surface area (Å²) in [6.07, 6.45) is 0.112. The van der Waals surface area contributed by atoms with E-state index >= 15 is 0 Å². The van der Waals surface area contributed by atoms with Crippen molar-refractivity contribution in [3.05, 3.63) is 0 Å². The Labute approximate surface area is 113 Å². The van der Waals surface area contributed by atoms with Gasteiger partial charge in [-0.05, 0) is 27.2 Å². The molecule has 0 saturated carbocycles. The van der Waals surface area contributed by atoms with E-state index in [1.807, 2.05) is 0 Å². The lowest BCUT2D eigenvalue weighted by molar-refractivity contribution is -0.146. The van der Waals surface area contributed by atoms with Gasteiger partial charge in [-0.1, -0.05) is 0 Å². The summed E-state index contributed by atoms with van der Waals surface area (Å²) in [6.45, 7) is 5.41. The lowest BCUT2D eigenvalue weighted by atomic mass is 10.0. The first-order valence-corrected chi connectivity index (χ1v) is 6.30. The maximum Gasteiger partial charge on any atom is 0.410 e. The fourth-order valence-electron chi connectivity index (χ4n) is 1.87. The normalized spacial score (nSPS) is 20.7. The molecule has 1 fully saturated rings. The Morgan fingerprint density at radius 1 is 1.32 bits per heavy atom. The van der Waals surface area contributed by atoms with Gasteiger partial charge in [0.25, 0.3) is 0 Å². The Hall–Kier alpha value is -1.59. The summed E-state index contributed by atoms with van der Waals surface area (Å²) in [5.74, 6) is -0.940. The monoisotopic (exact) mass is 271 g/mol. The highest BCUT2D eigenvalue weighted by Crippen LogP contribution is 2.18. The van der Waals surface area contributed by atoms with Crippen molar-refractivity contribution in [3.63, 3.8) is 0 Å². The fourth-order valence-corrected chi connectivity index (χ4v) is 1.87. The lowest BCUT2D eigenvalue weighted by Gasteiger charge is -2.27. The number of amides is 1. The predicted molar refractivity (Wildman–Crippen MR) is 67.6 cm³/mol. The summed E-state index contributed by atoms with van der Waals surface area (Å²) in [5, 5.41) is 0. The van der Waals surface area contributed by atoms with Crippen LogP contribution >= 0.6 is 0 Å². The summed E-state index contributed by atoms with van der Waals surface area (Å²) in [7, 11) is 1.30. The van der Waals surface area contributed by atoms with Gasteiger partial charge in [0.05, 0.1) is 19.6 Å². The summed E-state index contributed by atoms with van der Waals surface area (Å²) in [4.78, 5) is 36.4. The molecule has 1 atom stereocenters. The average molecular weight is 271 g/mol. The van der Waals surface area contributed by atoms with Crippen molar-refractivity contribution < 1.29 is 23.9 Å². The number of ether oxygens (including phenoxy) is 2. The largest absolute Gasteiger partial charge is 0.469 e. The topological polar surface area (TPSA) is 72.9 Å². The third-order valence-electron chi connectivity index (χ3n) is 2.77. The van der Waals surface area contributed by atoms with Crippen LogP contribution in [0.4, 0.5) is 4.79 Å². The molecule has 0 N–H and O–H groups in total. The molecule has 1 saturated heterocycles. The zero-order valence-electron chi connectivity index (χ0n) is 11.9. The van der Waals surface area contributed by atoms with Gasteiger partial charge in [0.2, 0.25) is 0 Å². The first kappa shape index (κ1) is 15.5. The van der Waals surface area contributed by atoms with E-state index < -0.39 is 23.6 Å². The molecule has 0 aromatic heterocycles. The van der Waals surface area contributed by atoms with Crippen LogP contribution in [0.1, 0.15) is 33.6 Å². The molecular weight excluding hydrogens is 250 g/mol. The third-order valence-corrected chi connectivity index (χ3v) is 2.77. The van der Waals surface area contributed by atoms with Crippen LogP contribution in [0.15, 0.2) is 0 Å². The van der Waals surface area contributed by atoms with Crippen LogP contribution in [-0.2, 0) is 19.1 Å². The van der Waals surface area contributed by atoms with E-state index in [0.717, 1.165) is 0 Å². The van der Waals surface area contributed by atoms with Crippen LogP contribution in [0, 0.1) is 5.92 Å². The number of hydrogen-bond donors (Lipinski definition) is 0. The molecule has 1 amide bonds. The third kappa shape index (κ3) is 4.89. The molecule has 0 aromatic carbocycles. The van der Waals surface area contributed by atoms with Crippen LogP contribution < -0.4 is 0 Å². The number of hydrogen-bond acceptors (Lipinski definition) is 5. The standard InChI is InChI=1S/C13H21NO5/c1-13(2,3)19-12(17)14-7-9(11(16)18-4)5-6-10(15)8-14/h9H,5-8H2,1-4H3. The number of carbonyl (C=O) groups excluding carboxylic acids is 3. The van der Waals surface area contributed by atoms with Crippen LogP contribution in [-0.4, -0.2) is 48.5 Å². The summed E-state index contributed by atoms with van der Waals surface area (Å²) in [6, 6.07) is 0. The Morgan fingerprint density at radius 3 is 2.47 bits per heavy atom. The molecule has 1 unspecified atom stereocenters. The minimum atomic E-state index is -0.632. The molecule has 6 heteroatoms. The molecule has 0 aliphatic carbocycles. The van der Waals surface area contributed by atoms with Gasteiger partial charge in [0, 0.05) is 13.0 Å².